The fraction of sp³-hybridized carbons (Fsp3) is 0.611. The highest BCUT2D eigenvalue weighted by Gasteiger charge is 2.23. The van der Waals surface area contributed by atoms with Crippen LogP contribution in [0.25, 0.3) is 0 Å². The molecule has 0 aromatic carbocycles. The first kappa shape index (κ1) is 19.4. The summed E-state index contributed by atoms with van der Waals surface area (Å²) in [6, 6.07) is 1.31. The molecule has 1 heterocycles. The Balaban J connectivity index is 1.80. The zero-order valence-electron chi connectivity index (χ0n) is 15.0. The molecule has 0 spiro atoms. The van der Waals surface area contributed by atoms with Crippen molar-refractivity contribution in [2.24, 2.45) is 11.8 Å². The van der Waals surface area contributed by atoms with E-state index < -0.39 is 24.5 Å². The minimum atomic E-state index is -0.637. The molecule has 6 nitrogen and oxygen atoms in total. The molecule has 7 heteroatoms. The third-order valence-electron chi connectivity index (χ3n) is 4.22. The Morgan fingerprint density at radius 2 is 2.12 bits per heavy atom. The summed E-state index contributed by atoms with van der Waals surface area (Å²) >= 11 is 1.45. The topological polar surface area (TPSA) is 84.5 Å². The smallest absolute Gasteiger partial charge is 0.348 e. The monoisotopic (exact) mass is 366 g/mol. The second-order valence-corrected chi connectivity index (χ2v) is 7.94. The van der Waals surface area contributed by atoms with E-state index in [2.05, 4.69) is 17.6 Å². The number of nitrogens with one attached hydrogen (secondary N) is 2. The molecule has 1 aromatic rings. The van der Waals surface area contributed by atoms with Gasteiger partial charge in [0.15, 0.2) is 6.61 Å². The molecular weight excluding hydrogens is 340 g/mol. The third kappa shape index (κ3) is 5.85. The van der Waals surface area contributed by atoms with Crippen LogP contribution in [0, 0.1) is 11.8 Å². The highest BCUT2D eigenvalue weighted by atomic mass is 32.1. The van der Waals surface area contributed by atoms with Gasteiger partial charge in [-0.25, -0.2) is 9.59 Å². The van der Waals surface area contributed by atoms with Crippen LogP contribution in [0.2, 0.25) is 0 Å². The maximum Gasteiger partial charge on any atom is 0.348 e. The van der Waals surface area contributed by atoms with Crippen molar-refractivity contribution < 1.29 is 19.1 Å². The number of urea groups is 1. The second kappa shape index (κ2) is 8.99. The lowest BCUT2D eigenvalue weighted by atomic mass is 9.87. The Morgan fingerprint density at radius 1 is 1.36 bits per heavy atom. The van der Waals surface area contributed by atoms with E-state index >= 15 is 0 Å². The number of fused-ring (bicyclic) bond motifs is 1. The first-order chi connectivity index (χ1) is 11.9. The molecule has 0 fully saturated rings. The van der Waals surface area contributed by atoms with Crippen LogP contribution in [0.5, 0.6) is 0 Å². The Morgan fingerprint density at radius 3 is 2.80 bits per heavy atom. The number of esters is 1. The second-order valence-electron chi connectivity index (χ2n) is 6.80. The van der Waals surface area contributed by atoms with Crippen LogP contribution in [0.1, 0.15) is 53.7 Å². The van der Waals surface area contributed by atoms with Crippen LogP contribution < -0.4 is 10.6 Å². The number of carbonyl (C=O) groups is 3. The van der Waals surface area contributed by atoms with Crippen molar-refractivity contribution in [1.29, 1.82) is 0 Å². The van der Waals surface area contributed by atoms with Gasteiger partial charge in [-0.15, -0.1) is 11.3 Å². The number of aryl methyl sites for hydroxylation is 1. The number of hydrogen-bond donors (Lipinski definition) is 2. The molecule has 0 unspecified atom stereocenters. The fourth-order valence-corrected chi connectivity index (χ4v) is 3.86. The lowest BCUT2D eigenvalue weighted by Gasteiger charge is -2.19. The molecule has 0 radical (unpaired) electrons. The van der Waals surface area contributed by atoms with Gasteiger partial charge in [-0.3, -0.25) is 10.1 Å². The molecular formula is C18H26N2O4S. The molecule has 1 aliphatic rings. The largest absolute Gasteiger partial charge is 0.451 e. The summed E-state index contributed by atoms with van der Waals surface area (Å²) in [4.78, 5) is 37.0. The summed E-state index contributed by atoms with van der Waals surface area (Å²) in [7, 11) is 0. The summed E-state index contributed by atoms with van der Waals surface area (Å²) in [5, 5.41) is 4.71. The zero-order valence-corrected chi connectivity index (χ0v) is 15.8. The predicted octanol–water partition coefficient (Wildman–Crippen LogP) is 2.90. The van der Waals surface area contributed by atoms with Gasteiger partial charge in [-0.1, -0.05) is 27.2 Å². The molecule has 0 bridgehead atoms. The van der Waals surface area contributed by atoms with Crippen molar-refractivity contribution in [1.82, 2.24) is 10.6 Å². The minimum Gasteiger partial charge on any atom is -0.451 e. The van der Waals surface area contributed by atoms with Crippen LogP contribution in [0.4, 0.5) is 4.79 Å². The Labute approximate surface area is 152 Å². The molecule has 1 aromatic heterocycles. The Bertz CT molecular complexity index is 639. The number of hydrogen-bond acceptors (Lipinski definition) is 5. The molecule has 0 saturated carbocycles. The van der Waals surface area contributed by atoms with Gasteiger partial charge in [0.2, 0.25) is 0 Å². The number of rotatable bonds is 6. The highest BCUT2D eigenvalue weighted by molar-refractivity contribution is 7.14. The van der Waals surface area contributed by atoms with E-state index in [1.807, 2.05) is 19.9 Å². The van der Waals surface area contributed by atoms with Gasteiger partial charge < -0.3 is 10.1 Å². The van der Waals surface area contributed by atoms with Gasteiger partial charge in [-0.2, -0.15) is 0 Å². The van der Waals surface area contributed by atoms with Crippen molar-refractivity contribution in [3.05, 3.63) is 21.4 Å². The van der Waals surface area contributed by atoms with E-state index in [0.717, 1.165) is 25.7 Å². The van der Waals surface area contributed by atoms with Gasteiger partial charge in [0.05, 0.1) is 0 Å². The Hall–Kier alpha value is -1.89. The van der Waals surface area contributed by atoms with Crippen LogP contribution in [0.15, 0.2) is 6.07 Å². The lowest BCUT2D eigenvalue weighted by Crippen LogP contribution is -2.42. The number of ether oxygens (including phenoxy) is 1. The molecule has 1 atom stereocenters. The van der Waals surface area contributed by atoms with E-state index in [0.29, 0.717) is 17.3 Å². The molecule has 25 heavy (non-hydrogen) atoms. The minimum absolute atomic E-state index is 0.288. The summed E-state index contributed by atoms with van der Waals surface area (Å²) < 4.78 is 5.03. The van der Waals surface area contributed by atoms with Crippen molar-refractivity contribution in [3.8, 4) is 0 Å². The molecule has 0 aliphatic heterocycles. The summed E-state index contributed by atoms with van der Waals surface area (Å²) in [5.74, 6) is -0.177. The maximum atomic E-state index is 12.1. The molecule has 0 saturated heterocycles. The molecule has 2 rings (SSSR count). The fourth-order valence-electron chi connectivity index (χ4n) is 2.75. The molecule has 1 aliphatic carbocycles. The Kier molecular flexibility index (Phi) is 6.99. The van der Waals surface area contributed by atoms with Crippen molar-refractivity contribution in [2.75, 3.05) is 13.2 Å². The lowest BCUT2D eigenvalue weighted by molar-refractivity contribution is -0.123. The number of carbonyl (C=O) groups excluding carboxylic acids is 3. The van der Waals surface area contributed by atoms with E-state index in [4.69, 9.17) is 4.74 Å². The zero-order chi connectivity index (χ0) is 18.4. The molecule has 3 amide bonds. The van der Waals surface area contributed by atoms with Gasteiger partial charge in [0.25, 0.3) is 5.91 Å². The van der Waals surface area contributed by atoms with Gasteiger partial charge in [0.1, 0.15) is 4.88 Å². The molecule has 2 N–H and O–H groups in total. The van der Waals surface area contributed by atoms with Crippen LogP contribution in [-0.2, 0) is 22.4 Å². The summed E-state index contributed by atoms with van der Waals surface area (Å²) in [5.41, 5.74) is 1.23. The van der Waals surface area contributed by atoms with E-state index in [9.17, 15) is 14.4 Å². The highest BCUT2D eigenvalue weighted by Crippen LogP contribution is 2.33. The first-order valence-electron chi connectivity index (χ1n) is 8.75. The van der Waals surface area contributed by atoms with E-state index in [1.165, 1.54) is 21.8 Å². The normalized spacial score (nSPS) is 16.2. The van der Waals surface area contributed by atoms with E-state index in [1.54, 1.807) is 0 Å². The standard InChI is InChI=1S/C18H26N2O4S/c1-4-12-5-6-14-13(7-12)8-15(25-14)17(22)24-10-16(21)20-18(23)19-9-11(2)3/h8,11-12H,4-7,9-10H2,1-3H3,(H2,19,20,21,23)/t12-/m1/s1. The summed E-state index contributed by atoms with van der Waals surface area (Å²) in [6.45, 7) is 6.10. The first-order valence-corrected chi connectivity index (χ1v) is 9.57. The van der Waals surface area contributed by atoms with Gasteiger partial charge >= 0.3 is 12.0 Å². The third-order valence-corrected chi connectivity index (χ3v) is 5.44. The van der Waals surface area contributed by atoms with Crippen LogP contribution in [0.3, 0.4) is 0 Å². The van der Waals surface area contributed by atoms with Crippen molar-refractivity contribution >= 4 is 29.2 Å². The van der Waals surface area contributed by atoms with E-state index in [-0.39, 0.29) is 5.92 Å². The number of imide groups is 1. The predicted molar refractivity (Wildman–Crippen MR) is 96.8 cm³/mol. The average molecular weight is 366 g/mol. The molecule has 138 valence electrons. The number of amides is 3. The maximum absolute atomic E-state index is 12.1. The summed E-state index contributed by atoms with van der Waals surface area (Å²) in [6.07, 6.45) is 4.31. The SMILES string of the molecule is CC[C@@H]1CCc2sc(C(=O)OCC(=O)NC(=O)NCC(C)C)cc2C1. The quantitative estimate of drug-likeness (QED) is 0.758. The number of thiophene rings is 1. The van der Waals surface area contributed by atoms with Gasteiger partial charge in [-0.05, 0) is 42.7 Å². The van der Waals surface area contributed by atoms with Crippen molar-refractivity contribution in [3.63, 3.8) is 0 Å². The van der Waals surface area contributed by atoms with Gasteiger partial charge in [0, 0.05) is 11.4 Å². The van der Waals surface area contributed by atoms with Crippen molar-refractivity contribution in [2.45, 2.75) is 46.5 Å². The van der Waals surface area contributed by atoms with Crippen LogP contribution in [-0.4, -0.2) is 31.1 Å². The average Bonchev–Trinajstić information content (AvgIpc) is 3.00. The van der Waals surface area contributed by atoms with Crippen LogP contribution >= 0.6 is 11.3 Å².